The van der Waals surface area contributed by atoms with Crippen LogP contribution >= 0.6 is 11.6 Å². The molecule has 0 fully saturated rings. The van der Waals surface area contributed by atoms with Crippen LogP contribution < -0.4 is 5.32 Å². The summed E-state index contributed by atoms with van der Waals surface area (Å²) < 4.78 is 0. The number of phenols is 1. The molecule has 4 nitrogen and oxygen atoms in total. The SMILES string of the molecule is CC(C)(C)C(CCO)NC(=O)Cc1ccc(O)cc1Cl. The molecular weight excluding hydrogens is 278 g/mol. The van der Waals surface area contributed by atoms with Crippen LogP contribution in [0, 0.1) is 5.41 Å². The highest BCUT2D eigenvalue weighted by molar-refractivity contribution is 6.31. The number of carbonyl (C=O) groups is 1. The lowest BCUT2D eigenvalue weighted by Crippen LogP contribution is -2.44. The van der Waals surface area contributed by atoms with E-state index in [9.17, 15) is 9.90 Å². The summed E-state index contributed by atoms with van der Waals surface area (Å²) in [4.78, 5) is 12.1. The Morgan fingerprint density at radius 3 is 2.55 bits per heavy atom. The van der Waals surface area contributed by atoms with E-state index < -0.39 is 0 Å². The van der Waals surface area contributed by atoms with Gasteiger partial charge in [0.1, 0.15) is 5.75 Å². The number of carbonyl (C=O) groups excluding carboxylic acids is 1. The molecule has 0 heterocycles. The Labute approximate surface area is 124 Å². The van der Waals surface area contributed by atoms with Gasteiger partial charge in [-0.1, -0.05) is 38.4 Å². The third kappa shape index (κ3) is 5.02. The van der Waals surface area contributed by atoms with Gasteiger partial charge in [-0.05, 0) is 29.5 Å². The Bertz CT molecular complexity index is 469. The minimum Gasteiger partial charge on any atom is -0.508 e. The molecule has 0 aliphatic heterocycles. The number of nitrogens with one attached hydrogen (secondary N) is 1. The molecule has 1 aromatic rings. The molecule has 0 spiro atoms. The van der Waals surface area contributed by atoms with Crippen molar-refractivity contribution in [3.05, 3.63) is 28.8 Å². The third-order valence-electron chi connectivity index (χ3n) is 3.19. The molecule has 0 radical (unpaired) electrons. The van der Waals surface area contributed by atoms with Crippen molar-refractivity contribution in [2.75, 3.05) is 6.61 Å². The Hall–Kier alpha value is -1.26. The quantitative estimate of drug-likeness (QED) is 0.782. The minimum absolute atomic E-state index is 0.0299. The Morgan fingerprint density at radius 1 is 1.40 bits per heavy atom. The van der Waals surface area contributed by atoms with Gasteiger partial charge in [0, 0.05) is 17.7 Å². The topological polar surface area (TPSA) is 69.6 Å². The van der Waals surface area contributed by atoms with Gasteiger partial charge in [0.05, 0.1) is 6.42 Å². The van der Waals surface area contributed by atoms with Crippen LogP contribution in [0.3, 0.4) is 0 Å². The smallest absolute Gasteiger partial charge is 0.224 e. The first kappa shape index (κ1) is 16.8. The van der Waals surface area contributed by atoms with Crippen LogP contribution in [-0.2, 0) is 11.2 Å². The van der Waals surface area contributed by atoms with E-state index in [1.807, 2.05) is 20.8 Å². The monoisotopic (exact) mass is 299 g/mol. The second-order valence-corrected chi connectivity index (χ2v) is 6.36. The molecule has 1 unspecified atom stereocenters. The van der Waals surface area contributed by atoms with Gasteiger partial charge in [0.2, 0.25) is 5.91 Å². The van der Waals surface area contributed by atoms with Gasteiger partial charge in [-0.3, -0.25) is 4.79 Å². The Kier molecular flexibility index (Phi) is 5.84. The molecule has 20 heavy (non-hydrogen) atoms. The maximum Gasteiger partial charge on any atom is 0.224 e. The first-order valence-corrected chi connectivity index (χ1v) is 6.99. The summed E-state index contributed by atoms with van der Waals surface area (Å²) in [7, 11) is 0. The first-order valence-electron chi connectivity index (χ1n) is 6.61. The molecule has 1 rings (SSSR count). The zero-order chi connectivity index (χ0) is 15.3. The van der Waals surface area contributed by atoms with Gasteiger partial charge in [0.25, 0.3) is 0 Å². The van der Waals surface area contributed by atoms with E-state index in [0.29, 0.717) is 17.0 Å². The van der Waals surface area contributed by atoms with Crippen molar-refractivity contribution >= 4 is 17.5 Å². The number of phenolic OH excluding ortho intramolecular Hbond substituents is 1. The molecule has 0 aliphatic carbocycles. The van der Waals surface area contributed by atoms with E-state index in [-0.39, 0.29) is 36.1 Å². The van der Waals surface area contributed by atoms with Gasteiger partial charge in [-0.25, -0.2) is 0 Å². The van der Waals surface area contributed by atoms with Crippen molar-refractivity contribution in [2.24, 2.45) is 5.41 Å². The predicted molar refractivity (Wildman–Crippen MR) is 79.9 cm³/mol. The van der Waals surface area contributed by atoms with Crippen molar-refractivity contribution < 1.29 is 15.0 Å². The highest BCUT2D eigenvalue weighted by Crippen LogP contribution is 2.24. The third-order valence-corrected chi connectivity index (χ3v) is 3.54. The summed E-state index contributed by atoms with van der Waals surface area (Å²) in [6.07, 6.45) is 0.662. The molecule has 1 atom stereocenters. The highest BCUT2D eigenvalue weighted by Gasteiger charge is 2.25. The van der Waals surface area contributed by atoms with E-state index in [2.05, 4.69) is 5.32 Å². The van der Waals surface area contributed by atoms with Crippen LogP contribution in [0.4, 0.5) is 0 Å². The number of rotatable bonds is 5. The average molecular weight is 300 g/mol. The van der Waals surface area contributed by atoms with Crippen LogP contribution in [0.25, 0.3) is 0 Å². The number of benzene rings is 1. The lowest BCUT2D eigenvalue weighted by molar-refractivity contribution is -0.122. The van der Waals surface area contributed by atoms with Crippen LogP contribution in [-0.4, -0.2) is 28.8 Å². The molecule has 5 heteroatoms. The summed E-state index contributed by atoms with van der Waals surface area (Å²) in [6.45, 7) is 6.08. The van der Waals surface area contributed by atoms with Crippen molar-refractivity contribution in [1.82, 2.24) is 5.32 Å². The second-order valence-electron chi connectivity index (χ2n) is 5.95. The zero-order valence-corrected chi connectivity index (χ0v) is 12.9. The van der Waals surface area contributed by atoms with E-state index in [4.69, 9.17) is 16.7 Å². The molecule has 1 amide bonds. The maximum absolute atomic E-state index is 12.1. The molecule has 3 N–H and O–H groups in total. The van der Waals surface area contributed by atoms with Crippen LogP contribution in [0.1, 0.15) is 32.8 Å². The zero-order valence-electron chi connectivity index (χ0n) is 12.1. The number of aromatic hydroxyl groups is 1. The molecule has 0 aromatic heterocycles. The fourth-order valence-electron chi connectivity index (χ4n) is 1.95. The summed E-state index contributed by atoms with van der Waals surface area (Å²) in [5.74, 6) is -0.0713. The normalized spacial score (nSPS) is 13.1. The molecular formula is C15H22ClNO3. The van der Waals surface area contributed by atoms with Crippen molar-refractivity contribution in [2.45, 2.75) is 39.7 Å². The Balaban J connectivity index is 2.70. The number of aliphatic hydroxyl groups is 1. The summed E-state index contributed by atoms with van der Waals surface area (Å²) in [5.41, 5.74) is 0.538. The van der Waals surface area contributed by atoms with Gasteiger partial charge in [-0.15, -0.1) is 0 Å². The predicted octanol–water partition coefficient (Wildman–Crippen LogP) is 2.50. The average Bonchev–Trinajstić information content (AvgIpc) is 2.31. The highest BCUT2D eigenvalue weighted by atomic mass is 35.5. The summed E-state index contributed by atoms with van der Waals surface area (Å²) in [5, 5.41) is 21.7. The van der Waals surface area contributed by atoms with Crippen molar-refractivity contribution in [3.8, 4) is 5.75 Å². The number of halogens is 1. The van der Waals surface area contributed by atoms with Crippen molar-refractivity contribution in [3.63, 3.8) is 0 Å². The van der Waals surface area contributed by atoms with Crippen molar-refractivity contribution in [1.29, 1.82) is 0 Å². The number of hydrogen-bond donors (Lipinski definition) is 3. The fourth-order valence-corrected chi connectivity index (χ4v) is 2.19. The van der Waals surface area contributed by atoms with Crippen LogP contribution in [0.5, 0.6) is 5.75 Å². The van der Waals surface area contributed by atoms with Gasteiger partial charge < -0.3 is 15.5 Å². The lowest BCUT2D eigenvalue weighted by atomic mass is 9.85. The first-order chi connectivity index (χ1) is 9.24. The summed E-state index contributed by atoms with van der Waals surface area (Å²) >= 11 is 5.98. The van der Waals surface area contributed by atoms with Gasteiger partial charge in [0.15, 0.2) is 0 Å². The number of aliphatic hydroxyl groups excluding tert-OH is 1. The van der Waals surface area contributed by atoms with Crippen LogP contribution in [0.2, 0.25) is 5.02 Å². The van der Waals surface area contributed by atoms with E-state index in [1.54, 1.807) is 6.07 Å². The minimum atomic E-state index is -0.147. The summed E-state index contributed by atoms with van der Waals surface area (Å²) in [6, 6.07) is 4.45. The number of amides is 1. The van der Waals surface area contributed by atoms with E-state index in [1.165, 1.54) is 12.1 Å². The van der Waals surface area contributed by atoms with Crippen LogP contribution in [0.15, 0.2) is 18.2 Å². The molecule has 0 aliphatic rings. The molecule has 0 bridgehead atoms. The number of hydrogen-bond acceptors (Lipinski definition) is 3. The van der Waals surface area contributed by atoms with Gasteiger partial charge >= 0.3 is 0 Å². The largest absolute Gasteiger partial charge is 0.508 e. The molecule has 112 valence electrons. The van der Waals surface area contributed by atoms with Gasteiger partial charge in [-0.2, -0.15) is 0 Å². The molecule has 1 aromatic carbocycles. The molecule has 0 saturated carbocycles. The van der Waals surface area contributed by atoms with E-state index >= 15 is 0 Å². The second kappa shape index (κ2) is 6.95. The van der Waals surface area contributed by atoms with E-state index in [0.717, 1.165) is 0 Å². The molecule has 0 saturated heterocycles. The standard InChI is InChI=1S/C15H22ClNO3/c1-15(2,3)13(6-7-18)17-14(20)8-10-4-5-11(19)9-12(10)16/h4-5,9,13,18-19H,6-8H2,1-3H3,(H,17,20). The fraction of sp³-hybridized carbons (Fsp3) is 0.533. The lowest BCUT2D eigenvalue weighted by Gasteiger charge is -2.31. The maximum atomic E-state index is 12.1. The Morgan fingerprint density at radius 2 is 2.05 bits per heavy atom.